The smallest absolute Gasteiger partial charge is 0.254 e. The van der Waals surface area contributed by atoms with Gasteiger partial charge in [-0.05, 0) is 23.8 Å². The average molecular weight is 342 g/mol. The molecule has 0 saturated heterocycles. The molecule has 3 rings (SSSR count). The first-order valence-corrected chi connectivity index (χ1v) is 7.83. The predicted octanol–water partition coefficient (Wildman–Crippen LogP) is 2.99. The fraction of sp³-hybridized carbons (Fsp3) is 0.111. The number of hydrogen-bond acceptors (Lipinski definition) is 3. The third kappa shape index (κ3) is 3.82. The van der Waals surface area contributed by atoms with Gasteiger partial charge in [-0.2, -0.15) is 5.10 Å². The zero-order chi connectivity index (χ0) is 16.9. The van der Waals surface area contributed by atoms with Gasteiger partial charge >= 0.3 is 0 Å². The lowest BCUT2D eigenvalue weighted by Crippen LogP contribution is -2.28. The highest BCUT2D eigenvalue weighted by atomic mass is 35.5. The van der Waals surface area contributed by atoms with Crippen LogP contribution in [-0.4, -0.2) is 27.3 Å². The summed E-state index contributed by atoms with van der Waals surface area (Å²) in [5, 5.41) is 17.6. The van der Waals surface area contributed by atoms with E-state index < -0.39 is 6.10 Å². The molecule has 0 bridgehead atoms. The van der Waals surface area contributed by atoms with Crippen LogP contribution >= 0.6 is 11.6 Å². The summed E-state index contributed by atoms with van der Waals surface area (Å²) in [6.07, 6.45) is 2.35. The van der Waals surface area contributed by atoms with Crippen LogP contribution in [0.5, 0.6) is 0 Å². The van der Waals surface area contributed by atoms with Crippen LogP contribution in [0.15, 0.2) is 67.0 Å². The highest BCUT2D eigenvalue weighted by Crippen LogP contribution is 2.15. The Hall–Kier alpha value is -2.63. The Morgan fingerprint density at radius 1 is 1.21 bits per heavy atom. The number of aliphatic hydroxyl groups is 1. The first-order valence-electron chi connectivity index (χ1n) is 7.45. The van der Waals surface area contributed by atoms with E-state index in [1.54, 1.807) is 23.0 Å². The molecule has 24 heavy (non-hydrogen) atoms. The summed E-state index contributed by atoms with van der Waals surface area (Å²) in [6, 6.07) is 16.4. The Morgan fingerprint density at radius 2 is 2.00 bits per heavy atom. The summed E-state index contributed by atoms with van der Waals surface area (Å²) in [5.41, 5.74) is 1.94. The summed E-state index contributed by atoms with van der Waals surface area (Å²) >= 11 is 5.96. The summed E-state index contributed by atoms with van der Waals surface area (Å²) in [5.74, 6) is -0.293. The minimum atomic E-state index is -0.752. The summed E-state index contributed by atoms with van der Waals surface area (Å²) in [6.45, 7) is 0.130. The van der Waals surface area contributed by atoms with E-state index >= 15 is 0 Å². The number of amides is 1. The van der Waals surface area contributed by atoms with E-state index in [-0.39, 0.29) is 12.5 Å². The number of carbonyl (C=O) groups is 1. The maximum absolute atomic E-state index is 12.2. The predicted molar refractivity (Wildman–Crippen MR) is 92.3 cm³/mol. The van der Waals surface area contributed by atoms with Crippen LogP contribution in [0.3, 0.4) is 0 Å². The van der Waals surface area contributed by atoms with E-state index in [2.05, 4.69) is 10.4 Å². The van der Waals surface area contributed by atoms with E-state index in [1.165, 1.54) is 6.20 Å². The lowest BCUT2D eigenvalue weighted by molar-refractivity contribution is 0.0916. The Morgan fingerprint density at radius 3 is 2.75 bits per heavy atom. The van der Waals surface area contributed by atoms with E-state index in [4.69, 9.17) is 11.6 Å². The van der Waals surface area contributed by atoms with Crippen molar-refractivity contribution in [1.82, 2.24) is 15.1 Å². The number of aliphatic hydroxyl groups excluding tert-OH is 1. The van der Waals surface area contributed by atoms with Crippen LogP contribution in [0.25, 0.3) is 5.69 Å². The molecule has 0 aliphatic rings. The van der Waals surface area contributed by atoms with Gasteiger partial charge < -0.3 is 10.4 Å². The van der Waals surface area contributed by atoms with Crippen LogP contribution in [0.4, 0.5) is 0 Å². The number of aromatic nitrogens is 2. The number of benzene rings is 2. The molecule has 0 spiro atoms. The van der Waals surface area contributed by atoms with Gasteiger partial charge in [-0.25, -0.2) is 4.68 Å². The molecule has 0 aliphatic carbocycles. The van der Waals surface area contributed by atoms with Crippen LogP contribution in [-0.2, 0) is 0 Å². The lowest BCUT2D eigenvalue weighted by Gasteiger charge is -2.11. The molecule has 122 valence electrons. The SMILES string of the molecule is O=C(NC[C@@H](O)c1ccccc1)c1cnn(-c2cccc(Cl)c2)c1. The molecule has 0 aliphatic heterocycles. The van der Waals surface area contributed by atoms with Gasteiger partial charge in [-0.3, -0.25) is 4.79 Å². The molecule has 5 nitrogen and oxygen atoms in total. The molecule has 3 aromatic rings. The fourth-order valence-electron chi connectivity index (χ4n) is 2.28. The van der Waals surface area contributed by atoms with E-state index in [0.29, 0.717) is 10.6 Å². The summed E-state index contributed by atoms with van der Waals surface area (Å²) in [7, 11) is 0. The van der Waals surface area contributed by atoms with E-state index in [0.717, 1.165) is 11.3 Å². The van der Waals surface area contributed by atoms with Crippen molar-refractivity contribution < 1.29 is 9.90 Å². The Bertz CT molecular complexity index is 833. The minimum absolute atomic E-state index is 0.130. The van der Waals surface area contributed by atoms with Gasteiger partial charge in [0, 0.05) is 17.8 Å². The van der Waals surface area contributed by atoms with Crippen LogP contribution in [0.1, 0.15) is 22.0 Å². The first kappa shape index (κ1) is 16.2. The van der Waals surface area contributed by atoms with Crippen molar-refractivity contribution in [1.29, 1.82) is 0 Å². The van der Waals surface area contributed by atoms with Gasteiger partial charge in [0.2, 0.25) is 0 Å². The highest BCUT2D eigenvalue weighted by Gasteiger charge is 2.12. The third-order valence-corrected chi connectivity index (χ3v) is 3.79. The van der Waals surface area contributed by atoms with Gasteiger partial charge in [-0.1, -0.05) is 48.0 Å². The van der Waals surface area contributed by atoms with Gasteiger partial charge in [-0.15, -0.1) is 0 Å². The van der Waals surface area contributed by atoms with Crippen LogP contribution in [0.2, 0.25) is 5.02 Å². The van der Waals surface area contributed by atoms with Crippen molar-refractivity contribution in [2.75, 3.05) is 6.54 Å². The van der Waals surface area contributed by atoms with Gasteiger partial charge in [0.15, 0.2) is 0 Å². The van der Waals surface area contributed by atoms with Crippen LogP contribution in [0, 0.1) is 0 Å². The molecular weight excluding hydrogens is 326 g/mol. The first-order chi connectivity index (χ1) is 11.6. The Balaban J connectivity index is 1.64. The monoisotopic (exact) mass is 341 g/mol. The molecule has 1 atom stereocenters. The molecule has 0 fully saturated rings. The maximum Gasteiger partial charge on any atom is 0.254 e. The van der Waals surface area contributed by atoms with Crippen molar-refractivity contribution in [3.8, 4) is 5.69 Å². The molecule has 0 unspecified atom stereocenters. The molecule has 0 radical (unpaired) electrons. The van der Waals surface area contributed by atoms with Gasteiger partial charge in [0.05, 0.1) is 23.6 Å². The number of nitrogens with zero attached hydrogens (tertiary/aromatic N) is 2. The van der Waals surface area contributed by atoms with Crippen molar-refractivity contribution >= 4 is 17.5 Å². The second kappa shape index (κ2) is 7.29. The van der Waals surface area contributed by atoms with Crippen molar-refractivity contribution in [2.45, 2.75) is 6.10 Å². The summed E-state index contributed by atoms with van der Waals surface area (Å²) in [4.78, 5) is 12.2. The zero-order valence-corrected chi connectivity index (χ0v) is 13.5. The second-order valence-corrected chi connectivity index (χ2v) is 5.73. The molecule has 2 aromatic carbocycles. The van der Waals surface area contributed by atoms with Gasteiger partial charge in [0.25, 0.3) is 5.91 Å². The molecule has 1 heterocycles. The van der Waals surface area contributed by atoms with Crippen molar-refractivity contribution in [2.24, 2.45) is 0 Å². The molecular formula is C18H16ClN3O2. The van der Waals surface area contributed by atoms with E-state index in [1.807, 2.05) is 42.5 Å². The normalized spacial score (nSPS) is 11.9. The minimum Gasteiger partial charge on any atom is -0.387 e. The zero-order valence-electron chi connectivity index (χ0n) is 12.8. The topological polar surface area (TPSA) is 67.2 Å². The highest BCUT2D eigenvalue weighted by molar-refractivity contribution is 6.30. The lowest BCUT2D eigenvalue weighted by atomic mass is 10.1. The number of halogens is 1. The third-order valence-electron chi connectivity index (χ3n) is 3.56. The Kier molecular flexibility index (Phi) is 4.93. The van der Waals surface area contributed by atoms with Crippen molar-refractivity contribution in [3.63, 3.8) is 0 Å². The molecule has 2 N–H and O–H groups in total. The number of rotatable bonds is 5. The molecule has 1 aromatic heterocycles. The number of hydrogen-bond donors (Lipinski definition) is 2. The van der Waals surface area contributed by atoms with Crippen LogP contribution < -0.4 is 5.32 Å². The van der Waals surface area contributed by atoms with Gasteiger partial charge in [0.1, 0.15) is 0 Å². The van der Waals surface area contributed by atoms with E-state index in [9.17, 15) is 9.90 Å². The molecule has 6 heteroatoms. The average Bonchev–Trinajstić information content (AvgIpc) is 3.10. The standard InChI is InChI=1S/C18H16ClN3O2/c19-15-7-4-8-16(9-15)22-12-14(10-21-22)18(24)20-11-17(23)13-5-2-1-3-6-13/h1-10,12,17,23H,11H2,(H,20,24)/t17-/m1/s1. The Labute approximate surface area is 144 Å². The quantitative estimate of drug-likeness (QED) is 0.749. The largest absolute Gasteiger partial charge is 0.387 e. The summed E-state index contributed by atoms with van der Waals surface area (Å²) < 4.78 is 1.58. The number of carbonyl (C=O) groups excluding carboxylic acids is 1. The fourth-order valence-corrected chi connectivity index (χ4v) is 2.47. The second-order valence-electron chi connectivity index (χ2n) is 5.29. The molecule has 1 amide bonds. The van der Waals surface area contributed by atoms with Crippen molar-refractivity contribution in [3.05, 3.63) is 83.1 Å². The number of nitrogens with one attached hydrogen (secondary N) is 1. The molecule has 0 saturated carbocycles. The maximum atomic E-state index is 12.2.